The average molecular weight is 504 g/mol. The molecule has 37 heavy (non-hydrogen) atoms. The highest BCUT2D eigenvalue weighted by Crippen LogP contribution is 2.40. The minimum absolute atomic E-state index is 0.0782. The van der Waals surface area contributed by atoms with Gasteiger partial charge < -0.3 is 5.32 Å². The van der Waals surface area contributed by atoms with Crippen LogP contribution in [-0.2, 0) is 19.5 Å². The van der Waals surface area contributed by atoms with E-state index in [1.165, 1.54) is 4.57 Å². The predicted molar refractivity (Wildman–Crippen MR) is 134 cm³/mol. The number of hydrogen-bond acceptors (Lipinski definition) is 5. The zero-order valence-electron chi connectivity index (χ0n) is 20.6. The summed E-state index contributed by atoms with van der Waals surface area (Å²) < 4.78 is 34.6. The molecular weight excluding hydrogens is 476 g/mol. The Bertz CT molecular complexity index is 1610. The maximum atomic E-state index is 15.5. The number of imidazole rings is 1. The van der Waals surface area contributed by atoms with Crippen LogP contribution in [0.2, 0.25) is 0 Å². The van der Waals surface area contributed by atoms with Crippen molar-refractivity contribution in [3.05, 3.63) is 92.3 Å². The molecule has 0 unspecified atom stereocenters. The van der Waals surface area contributed by atoms with Gasteiger partial charge in [-0.1, -0.05) is 6.07 Å². The Labute approximate surface area is 211 Å². The van der Waals surface area contributed by atoms with Crippen LogP contribution in [0.1, 0.15) is 52.4 Å². The number of hydrazine groups is 1. The molecule has 0 aliphatic carbocycles. The molecule has 0 saturated carbocycles. The van der Waals surface area contributed by atoms with Crippen LogP contribution in [0.15, 0.2) is 41.5 Å². The Morgan fingerprint density at radius 2 is 1.73 bits per heavy atom. The average Bonchev–Trinajstić information content (AvgIpc) is 3.58. The van der Waals surface area contributed by atoms with E-state index in [2.05, 4.69) is 16.2 Å². The summed E-state index contributed by atoms with van der Waals surface area (Å²) in [5, 5.41) is 8.59. The second-order valence-corrected chi connectivity index (χ2v) is 10.3. The summed E-state index contributed by atoms with van der Waals surface area (Å²) >= 11 is 0. The lowest BCUT2D eigenvalue weighted by molar-refractivity contribution is 0.472. The Balaban J connectivity index is 1.43. The summed E-state index contributed by atoms with van der Waals surface area (Å²) in [6.45, 7) is 4.30. The Kier molecular flexibility index (Phi) is 5.01. The molecule has 2 aromatic carbocycles. The van der Waals surface area contributed by atoms with Crippen molar-refractivity contribution in [2.24, 2.45) is 0 Å². The summed E-state index contributed by atoms with van der Waals surface area (Å²) in [7, 11) is 0. The fraction of sp³-hybridized carbons (Fsp3) is 0.333. The smallest absolute Gasteiger partial charge is 0.307 e. The molecule has 2 aromatic heterocycles. The molecule has 7 rings (SSSR count). The van der Waals surface area contributed by atoms with Crippen molar-refractivity contribution in [2.45, 2.75) is 58.3 Å². The van der Waals surface area contributed by atoms with Crippen molar-refractivity contribution in [1.82, 2.24) is 35.1 Å². The van der Waals surface area contributed by atoms with Gasteiger partial charge in [-0.15, -0.1) is 0 Å². The number of aryl methyl sites for hydroxylation is 2. The zero-order valence-corrected chi connectivity index (χ0v) is 20.6. The minimum Gasteiger partial charge on any atom is -0.307 e. The van der Waals surface area contributed by atoms with Crippen LogP contribution >= 0.6 is 0 Å². The van der Waals surface area contributed by atoms with E-state index in [1.54, 1.807) is 53.7 Å². The normalized spacial score (nSPS) is 20.2. The van der Waals surface area contributed by atoms with Gasteiger partial charge in [0.2, 0.25) is 0 Å². The third-order valence-electron chi connectivity index (χ3n) is 7.92. The fourth-order valence-corrected chi connectivity index (χ4v) is 6.09. The van der Waals surface area contributed by atoms with E-state index in [0.29, 0.717) is 47.3 Å². The lowest BCUT2D eigenvalue weighted by Gasteiger charge is -2.21. The number of aromatic nitrogens is 4. The predicted octanol–water partition coefficient (Wildman–Crippen LogP) is 3.17. The zero-order chi connectivity index (χ0) is 25.4. The quantitative estimate of drug-likeness (QED) is 0.400. The third-order valence-corrected chi connectivity index (χ3v) is 7.92. The van der Waals surface area contributed by atoms with Crippen molar-refractivity contribution in [1.29, 1.82) is 0 Å². The molecule has 0 amide bonds. The highest BCUT2D eigenvalue weighted by atomic mass is 19.1. The van der Waals surface area contributed by atoms with Gasteiger partial charge in [-0.3, -0.25) is 20.0 Å². The fourth-order valence-electron chi connectivity index (χ4n) is 6.09. The molecule has 2 atom stereocenters. The molecule has 1 fully saturated rings. The van der Waals surface area contributed by atoms with E-state index in [4.69, 9.17) is 5.10 Å². The van der Waals surface area contributed by atoms with E-state index < -0.39 is 5.82 Å². The van der Waals surface area contributed by atoms with Crippen LogP contribution in [-0.4, -0.2) is 25.0 Å². The highest BCUT2D eigenvalue weighted by Gasteiger charge is 2.38. The van der Waals surface area contributed by atoms with Crippen molar-refractivity contribution in [2.75, 3.05) is 0 Å². The second-order valence-electron chi connectivity index (χ2n) is 10.3. The third kappa shape index (κ3) is 3.36. The van der Waals surface area contributed by atoms with Crippen LogP contribution in [0.3, 0.4) is 0 Å². The van der Waals surface area contributed by atoms with E-state index in [-0.39, 0.29) is 23.2 Å². The molecular formula is C27H27F2N7O. The number of halogens is 2. The highest BCUT2D eigenvalue weighted by molar-refractivity contribution is 5.52. The Morgan fingerprint density at radius 3 is 2.54 bits per heavy atom. The topological polar surface area (TPSA) is 80.8 Å². The first-order chi connectivity index (χ1) is 17.9. The van der Waals surface area contributed by atoms with Crippen molar-refractivity contribution >= 4 is 0 Å². The molecule has 8 nitrogen and oxygen atoms in total. The van der Waals surface area contributed by atoms with E-state index >= 15 is 4.39 Å². The van der Waals surface area contributed by atoms with E-state index in [1.807, 2.05) is 6.07 Å². The molecule has 0 radical (unpaired) electrons. The van der Waals surface area contributed by atoms with Crippen LogP contribution < -0.4 is 21.9 Å². The molecule has 3 aliphatic rings. The maximum Gasteiger partial charge on any atom is 0.338 e. The molecule has 5 heterocycles. The maximum absolute atomic E-state index is 15.5. The monoisotopic (exact) mass is 503 g/mol. The Morgan fingerprint density at radius 1 is 0.973 bits per heavy atom. The Hall–Kier alpha value is -3.60. The largest absolute Gasteiger partial charge is 0.338 e. The van der Waals surface area contributed by atoms with Crippen LogP contribution in [0.5, 0.6) is 0 Å². The van der Waals surface area contributed by atoms with Gasteiger partial charge in [0, 0.05) is 55.1 Å². The molecule has 3 aliphatic heterocycles. The van der Waals surface area contributed by atoms with Gasteiger partial charge in [-0.25, -0.2) is 18.3 Å². The van der Waals surface area contributed by atoms with Crippen LogP contribution in [0.4, 0.5) is 8.78 Å². The number of rotatable bonds is 3. The van der Waals surface area contributed by atoms with Crippen molar-refractivity contribution in [3.8, 4) is 17.2 Å². The number of benzene rings is 2. The lowest BCUT2D eigenvalue weighted by atomic mass is 10.0. The van der Waals surface area contributed by atoms with E-state index in [9.17, 15) is 9.18 Å². The summed E-state index contributed by atoms with van der Waals surface area (Å²) in [5.41, 5.74) is 10.8. The van der Waals surface area contributed by atoms with Gasteiger partial charge in [0.1, 0.15) is 11.6 Å². The molecule has 3 N–H and O–H groups in total. The van der Waals surface area contributed by atoms with Gasteiger partial charge in [-0.05, 0) is 61.6 Å². The minimum atomic E-state index is -0.410. The SMILES string of the molecule is Cc1cc(-n2nc3c(c2-n2ccn(-c4ccc5c(c4F)CNNC5)c2=O)[C@@H]2CC[C@H](C3)N2)cc(C)c1F. The number of fused-ring (bicyclic) bond motifs is 5. The standard InChI is InChI=1S/C27H27F2N7O/c1-14-9-18(10-15(2)24(14)28)36-26(23-20-5-4-17(32-20)11-21(23)33-36)35-8-7-34(27(35)37)22-6-3-16-12-30-31-13-19(16)25(22)29/h3,6-10,17,20,30-32H,4-5,11-13H2,1-2H3/t17-,20+/m1/s1. The van der Waals surface area contributed by atoms with Gasteiger partial charge in [-0.2, -0.15) is 5.10 Å². The first kappa shape index (κ1) is 22.6. The van der Waals surface area contributed by atoms with Crippen molar-refractivity contribution in [3.63, 3.8) is 0 Å². The number of hydrogen-bond donors (Lipinski definition) is 3. The van der Waals surface area contributed by atoms with E-state index in [0.717, 1.165) is 36.1 Å². The molecule has 1 saturated heterocycles. The molecule has 190 valence electrons. The first-order valence-electron chi connectivity index (χ1n) is 12.6. The molecule has 2 bridgehead atoms. The number of nitrogens with zero attached hydrogens (tertiary/aromatic N) is 4. The van der Waals surface area contributed by atoms with Crippen LogP contribution in [0.25, 0.3) is 17.2 Å². The summed E-state index contributed by atoms with van der Waals surface area (Å²) in [6.07, 6.45) is 6.03. The van der Waals surface area contributed by atoms with Gasteiger partial charge >= 0.3 is 5.69 Å². The molecule has 4 aromatic rings. The van der Waals surface area contributed by atoms with Gasteiger partial charge in [0.15, 0.2) is 5.82 Å². The molecule has 0 spiro atoms. The summed E-state index contributed by atoms with van der Waals surface area (Å²) in [5.74, 6) is -0.0444. The number of nitrogens with one attached hydrogen (secondary N) is 3. The van der Waals surface area contributed by atoms with Gasteiger partial charge in [0.25, 0.3) is 0 Å². The van der Waals surface area contributed by atoms with Crippen LogP contribution in [0, 0.1) is 25.5 Å². The summed E-state index contributed by atoms with van der Waals surface area (Å²) in [4.78, 5) is 13.9. The van der Waals surface area contributed by atoms with Crippen molar-refractivity contribution < 1.29 is 8.78 Å². The first-order valence-corrected chi connectivity index (χ1v) is 12.6. The summed E-state index contributed by atoms with van der Waals surface area (Å²) in [6, 6.07) is 7.44. The second kappa shape index (κ2) is 8.20. The van der Waals surface area contributed by atoms with Gasteiger partial charge in [0.05, 0.1) is 17.1 Å². The molecule has 10 heteroatoms. The lowest BCUT2D eigenvalue weighted by Crippen LogP contribution is -2.36.